The molecule has 6 nitrogen and oxygen atoms in total. The normalized spacial score (nSPS) is 12.0. The van der Waals surface area contributed by atoms with Gasteiger partial charge in [0.2, 0.25) is 0 Å². The lowest BCUT2D eigenvalue weighted by Gasteiger charge is -2.14. The zero-order valence-corrected chi connectivity index (χ0v) is 18.4. The van der Waals surface area contributed by atoms with Crippen LogP contribution in [0.5, 0.6) is 5.75 Å². The summed E-state index contributed by atoms with van der Waals surface area (Å²) in [5, 5.41) is 22.9. The Labute approximate surface area is 188 Å². The fourth-order valence-electron chi connectivity index (χ4n) is 3.40. The molecule has 3 rings (SSSR count). The highest BCUT2D eigenvalue weighted by atomic mass is 16.5. The number of nitrogens with one attached hydrogen (secondary N) is 1. The van der Waals surface area contributed by atoms with Crippen molar-refractivity contribution in [3.05, 3.63) is 83.4 Å². The van der Waals surface area contributed by atoms with Crippen molar-refractivity contribution in [3.63, 3.8) is 0 Å². The summed E-state index contributed by atoms with van der Waals surface area (Å²) >= 11 is 0. The van der Waals surface area contributed by atoms with Crippen molar-refractivity contribution in [2.24, 2.45) is 0 Å². The largest absolute Gasteiger partial charge is 0.490 e. The minimum Gasteiger partial charge on any atom is -0.490 e. The second-order valence-electron chi connectivity index (χ2n) is 8.02. The zero-order chi connectivity index (χ0) is 23.1. The quantitative estimate of drug-likeness (QED) is 0.280. The van der Waals surface area contributed by atoms with Gasteiger partial charge in [0.1, 0.15) is 11.3 Å². The minimum atomic E-state index is -1.00. The van der Waals surface area contributed by atoms with Crippen molar-refractivity contribution in [1.82, 2.24) is 5.32 Å². The lowest BCUT2D eigenvalue weighted by atomic mass is 10.0. The van der Waals surface area contributed by atoms with Gasteiger partial charge in [-0.3, -0.25) is 0 Å². The molecule has 0 radical (unpaired) electrons. The van der Waals surface area contributed by atoms with Crippen molar-refractivity contribution in [2.45, 2.75) is 32.5 Å². The van der Waals surface area contributed by atoms with Crippen LogP contribution in [0.3, 0.4) is 0 Å². The van der Waals surface area contributed by atoms with Crippen molar-refractivity contribution in [1.29, 1.82) is 0 Å². The Hall–Kier alpha value is -3.35. The third kappa shape index (κ3) is 6.33. The number of hydrogen-bond donors (Lipinski definition) is 4. The summed E-state index contributed by atoms with van der Waals surface area (Å²) in [5.74, 6) is -0.630. The highest BCUT2D eigenvalue weighted by Gasteiger charge is 2.14. The van der Waals surface area contributed by atoms with Gasteiger partial charge in [0.15, 0.2) is 0 Å². The van der Waals surface area contributed by atoms with Crippen LogP contribution in [0.2, 0.25) is 0 Å². The maximum absolute atomic E-state index is 11.5. The molecule has 0 aliphatic carbocycles. The Kier molecular flexibility index (Phi) is 7.87. The van der Waals surface area contributed by atoms with E-state index in [4.69, 9.17) is 10.5 Å². The number of aliphatic hydroxyl groups excluding tert-OH is 1. The van der Waals surface area contributed by atoms with Gasteiger partial charge < -0.3 is 26.0 Å². The molecule has 0 aliphatic rings. The van der Waals surface area contributed by atoms with Gasteiger partial charge in [-0.1, -0.05) is 42.5 Å². The molecule has 0 bridgehead atoms. The number of carboxylic acids is 1. The standard InChI is InChI=1S/C26H30N2O4/c1-17(2)32-25-15-21(9-12-23(25)26(30)31)19-5-3-18(4-6-19)13-14-28-16-24(29)20-7-10-22(27)11-8-20/h3-12,15,17,24,28-29H,13-14,16,27H2,1-2H3,(H,30,31)/t24-/m0/s1. The number of aliphatic hydroxyl groups is 1. The molecule has 6 heteroatoms. The van der Waals surface area contributed by atoms with E-state index in [9.17, 15) is 15.0 Å². The predicted octanol–water partition coefficient (Wildman–Crippen LogP) is 4.29. The summed E-state index contributed by atoms with van der Waals surface area (Å²) in [5.41, 5.74) is 10.4. The van der Waals surface area contributed by atoms with Crippen LogP contribution in [-0.2, 0) is 6.42 Å². The van der Waals surface area contributed by atoms with E-state index in [1.165, 1.54) is 5.56 Å². The fourth-order valence-corrected chi connectivity index (χ4v) is 3.40. The third-order valence-corrected chi connectivity index (χ3v) is 5.11. The summed E-state index contributed by atoms with van der Waals surface area (Å²) in [4.78, 5) is 11.5. The second kappa shape index (κ2) is 10.8. The summed E-state index contributed by atoms with van der Waals surface area (Å²) in [6, 6.07) is 20.6. The SMILES string of the molecule is CC(C)Oc1cc(-c2ccc(CCNC[C@H](O)c3ccc(N)cc3)cc2)ccc1C(=O)O. The highest BCUT2D eigenvalue weighted by Crippen LogP contribution is 2.28. The van der Waals surface area contributed by atoms with Gasteiger partial charge in [0.05, 0.1) is 12.2 Å². The summed E-state index contributed by atoms with van der Waals surface area (Å²) < 4.78 is 5.70. The maximum Gasteiger partial charge on any atom is 0.339 e. The van der Waals surface area contributed by atoms with Crippen LogP contribution in [-0.4, -0.2) is 35.4 Å². The molecule has 1 atom stereocenters. The Bertz CT molecular complexity index is 1030. The Morgan fingerprint density at radius 3 is 2.28 bits per heavy atom. The molecule has 0 amide bonds. The lowest BCUT2D eigenvalue weighted by molar-refractivity contribution is 0.0690. The van der Waals surface area contributed by atoms with Crippen LogP contribution in [0.4, 0.5) is 5.69 Å². The number of carbonyl (C=O) groups is 1. The maximum atomic E-state index is 11.5. The molecule has 0 aliphatic heterocycles. The van der Waals surface area contributed by atoms with E-state index in [2.05, 4.69) is 17.4 Å². The first kappa shape index (κ1) is 23.3. The van der Waals surface area contributed by atoms with Gasteiger partial charge in [-0.2, -0.15) is 0 Å². The van der Waals surface area contributed by atoms with Crippen LogP contribution in [0, 0.1) is 0 Å². The molecule has 5 N–H and O–H groups in total. The molecule has 0 aromatic heterocycles. The minimum absolute atomic E-state index is 0.114. The van der Waals surface area contributed by atoms with Crippen LogP contribution in [0.15, 0.2) is 66.7 Å². The molecular weight excluding hydrogens is 404 g/mol. The van der Waals surface area contributed by atoms with Gasteiger partial charge in [-0.05, 0) is 73.3 Å². The first-order valence-corrected chi connectivity index (χ1v) is 10.7. The van der Waals surface area contributed by atoms with Crippen LogP contribution in [0.1, 0.15) is 41.4 Å². The monoisotopic (exact) mass is 434 g/mol. The van der Waals surface area contributed by atoms with Crippen LogP contribution < -0.4 is 15.8 Å². The summed E-state index contributed by atoms with van der Waals surface area (Å²) in [6.07, 6.45) is 0.139. The Morgan fingerprint density at radius 2 is 1.66 bits per heavy atom. The molecule has 0 saturated carbocycles. The van der Waals surface area contributed by atoms with Gasteiger partial charge in [0, 0.05) is 12.2 Å². The molecule has 3 aromatic carbocycles. The topological polar surface area (TPSA) is 105 Å². The zero-order valence-electron chi connectivity index (χ0n) is 18.4. The van der Waals surface area contributed by atoms with Crippen LogP contribution >= 0.6 is 0 Å². The first-order chi connectivity index (χ1) is 15.3. The number of ether oxygens (including phenoxy) is 1. The molecule has 168 valence electrons. The van der Waals surface area contributed by atoms with E-state index in [0.29, 0.717) is 18.0 Å². The van der Waals surface area contributed by atoms with Gasteiger partial charge in [-0.25, -0.2) is 4.79 Å². The molecule has 0 saturated heterocycles. The van der Waals surface area contributed by atoms with E-state index in [1.54, 1.807) is 30.3 Å². The van der Waals surface area contributed by atoms with E-state index in [1.807, 2.05) is 38.1 Å². The molecule has 32 heavy (non-hydrogen) atoms. The molecular formula is C26H30N2O4. The molecule has 0 unspecified atom stereocenters. The number of rotatable bonds is 10. The number of anilines is 1. The molecule has 0 heterocycles. The molecule has 3 aromatic rings. The average Bonchev–Trinajstić information content (AvgIpc) is 2.77. The summed E-state index contributed by atoms with van der Waals surface area (Å²) in [7, 11) is 0. The van der Waals surface area contributed by atoms with E-state index in [0.717, 1.165) is 29.7 Å². The van der Waals surface area contributed by atoms with Crippen molar-refractivity contribution < 1.29 is 19.7 Å². The van der Waals surface area contributed by atoms with E-state index >= 15 is 0 Å². The Balaban J connectivity index is 1.56. The highest BCUT2D eigenvalue weighted by molar-refractivity contribution is 5.92. The van der Waals surface area contributed by atoms with E-state index < -0.39 is 12.1 Å². The van der Waals surface area contributed by atoms with Gasteiger partial charge in [0.25, 0.3) is 0 Å². The van der Waals surface area contributed by atoms with Gasteiger partial charge >= 0.3 is 5.97 Å². The average molecular weight is 435 g/mol. The number of nitrogen functional groups attached to an aromatic ring is 1. The number of benzene rings is 3. The fraction of sp³-hybridized carbons (Fsp3) is 0.269. The number of nitrogens with two attached hydrogens (primary N) is 1. The summed E-state index contributed by atoms with van der Waals surface area (Å²) in [6.45, 7) is 4.95. The van der Waals surface area contributed by atoms with Crippen molar-refractivity contribution in [2.75, 3.05) is 18.8 Å². The van der Waals surface area contributed by atoms with Crippen molar-refractivity contribution >= 4 is 11.7 Å². The lowest BCUT2D eigenvalue weighted by Crippen LogP contribution is -2.23. The Morgan fingerprint density at radius 1 is 1.00 bits per heavy atom. The second-order valence-corrected chi connectivity index (χ2v) is 8.02. The third-order valence-electron chi connectivity index (χ3n) is 5.11. The first-order valence-electron chi connectivity index (χ1n) is 10.7. The number of hydrogen-bond acceptors (Lipinski definition) is 5. The van der Waals surface area contributed by atoms with Gasteiger partial charge in [-0.15, -0.1) is 0 Å². The van der Waals surface area contributed by atoms with E-state index in [-0.39, 0.29) is 11.7 Å². The predicted molar refractivity (Wildman–Crippen MR) is 127 cm³/mol. The van der Waals surface area contributed by atoms with Crippen LogP contribution in [0.25, 0.3) is 11.1 Å². The molecule has 0 spiro atoms. The smallest absolute Gasteiger partial charge is 0.339 e. The molecule has 0 fully saturated rings. The number of aromatic carboxylic acids is 1. The van der Waals surface area contributed by atoms with Crippen molar-refractivity contribution in [3.8, 4) is 16.9 Å². The number of carboxylic acid groups (broad SMARTS) is 1.